The zero-order chi connectivity index (χ0) is 20.1. The van der Waals surface area contributed by atoms with E-state index in [9.17, 15) is 18.0 Å². The highest BCUT2D eigenvalue weighted by molar-refractivity contribution is 7.89. The minimum atomic E-state index is -3.53. The average Bonchev–Trinajstić information content (AvgIpc) is 3.24. The summed E-state index contributed by atoms with van der Waals surface area (Å²) in [5.74, 6) is -1.12. The van der Waals surface area contributed by atoms with E-state index in [1.54, 1.807) is 0 Å². The molecule has 1 aliphatic heterocycles. The number of carbonyl (C=O) groups excluding carboxylic acids is 2. The highest BCUT2D eigenvalue weighted by Crippen LogP contribution is 2.21. The maximum atomic E-state index is 12.6. The van der Waals surface area contributed by atoms with Crippen LogP contribution in [0.5, 0.6) is 0 Å². The molecule has 3 rings (SSSR count). The molecule has 0 aromatic heterocycles. The standard InChI is InChI=1S/C20H23N3O4S/c21-19(24)18(14-15-6-2-1-3-7-15)22-20(25)16-8-10-17(11-9-16)28(26,27)23-12-4-5-13-23/h1-3,6-11,18H,4-5,12-14H2,(H2,21,24)(H,22,25). The fourth-order valence-corrected chi connectivity index (χ4v) is 4.69. The molecule has 0 bridgehead atoms. The van der Waals surface area contributed by atoms with Crippen LogP contribution in [-0.2, 0) is 21.2 Å². The van der Waals surface area contributed by atoms with Gasteiger partial charge in [-0.05, 0) is 42.7 Å². The van der Waals surface area contributed by atoms with Crippen molar-refractivity contribution < 1.29 is 18.0 Å². The van der Waals surface area contributed by atoms with E-state index in [0.29, 0.717) is 13.1 Å². The van der Waals surface area contributed by atoms with Crippen molar-refractivity contribution in [2.45, 2.75) is 30.2 Å². The van der Waals surface area contributed by atoms with Gasteiger partial charge in [0.05, 0.1) is 4.90 Å². The average molecular weight is 401 g/mol. The van der Waals surface area contributed by atoms with Crippen molar-refractivity contribution in [3.8, 4) is 0 Å². The van der Waals surface area contributed by atoms with Crippen molar-refractivity contribution in [3.63, 3.8) is 0 Å². The quantitative estimate of drug-likeness (QED) is 0.729. The lowest BCUT2D eigenvalue weighted by Crippen LogP contribution is -2.45. The van der Waals surface area contributed by atoms with Gasteiger partial charge in [-0.3, -0.25) is 9.59 Å². The van der Waals surface area contributed by atoms with E-state index in [0.717, 1.165) is 18.4 Å². The van der Waals surface area contributed by atoms with E-state index in [2.05, 4.69) is 5.32 Å². The fourth-order valence-electron chi connectivity index (χ4n) is 3.17. The Kier molecular flexibility index (Phi) is 6.11. The maximum Gasteiger partial charge on any atom is 0.251 e. The Hall–Kier alpha value is -2.71. The molecule has 0 saturated carbocycles. The Bertz CT molecular complexity index is 937. The van der Waals surface area contributed by atoms with E-state index in [1.807, 2.05) is 30.3 Å². The second-order valence-corrected chi connectivity index (χ2v) is 8.69. The third-order valence-corrected chi connectivity index (χ3v) is 6.66. The summed E-state index contributed by atoms with van der Waals surface area (Å²) in [4.78, 5) is 24.4. The SMILES string of the molecule is NC(=O)C(Cc1ccccc1)NC(=O)c1ccc(S(=O)(=O)N2CCCC2)cc1. The first-order valence-corrected chi connectivity index (χ1v) is 10.6. The van der Waals surface area contributed by atoms with E-state index < -0.39 is 27.9 Å². The Morgan fingerprint density at radius 2 is 1.61 bits per heavy atom. The smallest absolute Gasteiger partial charge is 0.251 e. The number of hydrogen-bond donors (Lipinski definition) is 2. The van der Waals surface area contributed by atoms with Crippen LogP contribution < -0.4 is 11.1 Å². The van der Waals surface area contributed by atoms with Crippen molar-refractivity contribution in [1.29, 1.82) is 0 Å². The summed E-state index contributed by atoms with van der Waals surface area (Å²) in [7, 11) is -3.53. The minimum Gasteiger partial charge on any atom is -0.368 e. The molecular weight excluding hydrogens is 378 g/mol. The van der Waals surface area contributed by atoms with Gasteiger partial charge >= 0.3 is 0 Å². The first-order valence-electron chi connectivity index (χ1n) is 9.12. The molecule has 1 atom stereocenters. The topological polar surface area (TPSA) is 110 Å². The van der Waals surface area contributed by atoms with Gasteiger partial charge in [-0.15, -0.1) is 0 Å². The summed E-state index contributed by atoms with van der Waals surface area (Å²) in [5, 5.41) is 2.62. The Morgan fingerprint density at radius 1 is 1.00 bits per heavy atom. The Labute approximate surface area is 164 Å². The number of primary amides is 1. The van der Waals surface area contributed by atoms with Gasteiger partial charge in [0.1, 0.15) is 6.04 Å². The van der Waals surface area contributed by atoms with Crippen molar-refractivity contribution in [1.82, 2.24) is 9.62 Å². The van der Waals surface area contributed by atoms with E-state index in [4.69, 9.17) is 5.73 Å². The number of benzene rings is 2. The van der Waals surface area contributed by atoms with Crippen LogP contribution in [0.4, 0.5) is 0 Å². The van der Waals surface area contributed by atoms with Gasteiger partial charge in [0.25, 0.3) is 5.91 Å². The highest BCUT2D eigenvalue weighted by Gasteiger charge is 2.27. The molecule has 2 amide bonds. The number of nitrogens with zero attached hydrogens (tertiary/aromatic N) is 1. The van der Waals surface area contributed by atoms with Crippen LogP contribution in [0.2, 0.25) is 0 Å². The van der Waals surface area contributed by atoms with Crippen LogP contribution in [0, 0.1) is 0 Å². The maximum absolute atomic E-state index is 12.6. The summed E-state index contributed by atoms with van der Waals surface area (Å²) in [5.41, 5.74) is 6.56. The van der Waals surface area contributed by atoms with Gasteiger partial charge in [-0.25, -0.2) is 8.42 Å². The molecule has 1 heterocycles. The molecule has 0 spiro atoms. The van der Waals surface area contributed by atoms with Crippen molar-refractivity contribution in [3.05, 3.63) is 65.7 Å². The molecule has 7 nitrogen and oxygen atoms in total. The van der Waals surface area contributed by atoms with Gasteiger partial charge in [0.15, 0.2) is 0 Å². The summed E-state index contributed by atoms with van der Waals surface area (Å²) in [6, 6.07) is 14.1. The second-order valence-electron chi connectivity index (χ2n) is 6.75. The first kappa shape index (κ1) is 20.0. The molecule has 1 saturated heterocycles. The zero-order valence-electron chi connectivity index (χ0n) is 15.4. The molecular formula is C20H23N3O4S. The van der Waals surface area contributed by atoms with Crippen molar-refractivity contribution in [2.24, 2.45) is 5.73 Å². The minimum absolute atomic E-state index is 0.154. The number of sulfonamides is 1. The number of carbonyl (C=O) groups is 2. The van der Waals surface area contributed by atoms with E-state index in [-0.39, 0.29) is 16.9 Å². The summed E-state index contributed by atoms with van der Waals surface area (Å²) in [6.45, 7) is 1.04. The van der Waals surface area contributed by atoms with Crippen LogP contribution in [0.15, 0.2) is 59.5 Å². The molecule has 2 aromatic carbocycles. The second kappa shape index (κ2) is 8.53. The third kappa shape index (κ3) is 4.58. The molecule has 2 aromatic rings. The highest BCUT2D eigenvalue weighted by atomic mass is 32.2. The van der Waals surface area contributed by atoms with Crippen LogP contribution in [-0.4, -0.2) is 43.7 Å². The van der Waals surface area contributed by atoms with E-state index >= 15 is 0 Å². The summed E-state index contributed by atoms with van der Waals surface area (Å²) >= 11 is 0. The predicted molar refractivity (Wildman–Crippen MR) is 105 cm³/mol. The molecule has 3 N–H and O–H groups in total. The number of nitrogens with one attached hydrogen (secondary N) is 1. The molecule has 28 heavy (non-hydrogen) atoms. The molecule has 148 valence electrons. The number of rotatable bonds is 7. The molecule has 1 aliphatic rings. The molecule has 0 radical (unpaired) electrons. The lowest BCUT2D eigenvalue weighted by molar-refractivity contribution is -0.119. The Balaban J connectivity index is 1.70. The van der Waals surface area contributed by atoms with Gasteiger partial charge < -0.3 is 11.1 Å². The molecule has 1 fully saturated rings. The van der Waals surface area contributed by atoms with Gasteiger partial charge in [-0.1, -0.05) is 30.3 Å². The summed E-state index contributed by atoms with van der Waals surface area (Å²) in [6.07, 6.45) is 1.99. The van der Waals surface area contributed by atoms with Crippen molar-refractivity contribution >= 4 is 21.8 Å². The third-order valence-electron chi connectivity index (χ3n) is 4.75. The number of hydrogen-bond acceptors (Lipinski definition) is 4. The lowest BCUT2D eigenvalue weighted by atomic mass is 10.0. The number of amides is 2. The summed E-state index contributed by atoms with van der Waals surface area (Å²) < 4.78 is 26.5. The van der Waals surface area contributed by atoms with Gasteiger partial charge in [-0.2, -0.15) is 4.31 Å². The Morgan fingerprint density at radius 3 is 2.18 bits per heavy atom. The van der Waals surface area contributed by atoms with Crippen molar-refractivity contribution in [2.75, 3.05) is 13.1 Å². The van der Waals surface area contributed by atoms with Crippen LogP contribution in [0.25, 0.3) is 0 Å². The van der Waals surface area contributed by atoms with Crippen LogP contribution >= 0.6 is 0 Å². The predicted octanol–water partition coefficient (Wildman–Crippen LogP) is 1.30. The molecule has 1 unspecified atom stereocenters. The van der Waals surface area contributed by atoms with Crippen LogP contribution in [0.3, 0.4) is 0 Å². The van der Waals surface area contributed by atoms with Crippen LogP contribution in [0.1, 0.15) is 28.8 Å². The first-order chi connectivity index (χ1) is 13.4. The number of nitrogens with two attached hydrogens (primary N) is 1. The zero-order valence-corrected chi connectivity index (χ0v) is 16.2. The largest absolute Gasteiger partial charge is 0.368 e. The van der Waals surface area contributed by atoms with Gasteiger partial charge in [0.2, 0.25) is 15.9 Å². The fraction of sp³-hybridized carbons (Fsp3) is 0.300. The van der Waals surface area contributed by atoms with Gasteiger partial charge in [0, 0.05) is 25.1 Å². The monoisotopic (exact) mass is 401 g/mol. The lowest BCUT2D eigenvalue weighted by Gasteiger charge is -2.17. The molecule has 0 aliphatic carbocycles. The molecule has 8 heteroatoms. The normalized spacial score (nSPS) is 15.9. The van der Waals surface area contributed by atoms with E-state index in [1.165, 1.54) is 28.6 Å².